The van der Waals surface area contributed by atoms with Crippen LogP contribution in [0.4, 0.5) is 4.39 Å². The summed E-state index contributed by atoms with van der Waals surface area (Å²) in [5.74, 6) is -0.00362. The van der Waals surface area contributed by atoms with E-state index in [0.717, 1.165) is 11.1 Å². The van der Waals surface area contributed by atoms with Gasteiger partial charge in [0.2, 0.25) is 0 Å². The molecule has 0 aliphatic carbocycles. The molecule has 0 radical (unpaired) electrons. The van der Waals surface area contributed by atoms with Crippen molar-refractivity contribution in [3.05, 3.63) is 99.0 Å². The third-order valence-electron chi connectivity index (χ3n) is 5.26. The van der Waals surface area contributed by atoms with Gasteiger partial charge in [0, 0.05) is 16.7 Å². The zero-order valence-electron chi connectivity index (χ0n) is 17.4. The van der Waals surface area contributed by atoms with Gasteiger partial charge in [-0.2, -0.15) is 5.26 Å². The summed E-state index contributed by atoms with van der Waals surface area (Å²) in [7, 11) is 0. The van der Waals surface area contributed by atoms with Gasteiger partial charge in [-0.3, -0.25) is 4.79 Å². The van der Waals surface area contributed by atoms with Crippen molar-refractivity contribution >= 4 is 11.0 Å². The van der Waals surface area contributed by atoms with Crippen molar-refractivity contribution in [3.63, 3.8) is 0 Å². The molecule has 0 fully saturated rings. The van der Waals surface area contributed by atoms with E-state index in [-0.39, 0.29) is 16.7 Å². The molecule has 1 atom stereocenters. The lowest BCUT2D eigenvalue weighted by Crippen LogP contribution is -2.11. The van der Waals surface area contributed by atoms with Crippen LogP contribution in [0.5, 0.6) is 5.75 Å². The number of hydrogen-bond donors (Lipinski definition) is 0. The maximum atomic E-state index is 14.0. The summed E-state index contributed by atoms with van der Waals surface area (Å²) in [6.45, 7) is 5.42. The van der Waals surface area contributed by atoms with E-state index in [9.17, 15) is 14.4 Å². The first kappa shape index (κ1) is 20.4. The highest BCUT2D eigenvalue weighted by Gasteiger charge is 2.21. The zero-order valence-corrected chi connectivity index (χ0v) is 17.4. The van der Waals surface area contributed by atoms with E-state index in [4.69, 9.17) is 9.15 Å². The molecule has 0 unspecified atom stereocenters. The SMILES string of the molecule is Cc1cc([C@@H](C)Oc2cccc(F)c2C#N)c2oc(-c3ccccc3)c(C)c(=O)c2c1. The molecule has 0 spiro atoms. The van der Waals surface area contributed by atoms with E-state index in [1.165, 1.54) is 12.1 Å². The predicted octanol–water partition coefficient (Wildman–Crippen LogP) is 6.23. The molecule has 31 heavy (non-hydrogen) atoms. The molecule has 4 aromatic rings. The van der Waals surface area contributed by atoms with Gasteiger partial charge in [0.05, 0.1) is 5.39 Å². The minimum atomic E-state index is -0.644. The van der Waals surface area contributed by atoms with E-state index in [0.29, 0.717) is 27.9 Å². The van der Waals surface area contributed by atoms with Crippen LogP contribution in [0, 0.1) is 31.0 Å². The number of ether oxygens (including phenoxy) is 1. The highest BCUT2D eigenvalue weighted by Crippen LogP contribution is 2.33. The van der Waals surface area contributed by atoms with Crippen molar-refractivity contribution in [3.8, 4) is 23.1 Å². The van der Waals surface area contributed by atoms with E-state index in [1.54, 1.807) is 26.0 Å². The van der Waals surface area contributed by atoms with E-state index in [2.05, 4.69) is 0 Å². The number of aryl methyl sites for hydroxylation is 1. The normalized spacial score (nSPS) is 11.8. The number of hydrogen-bond acceptors (Lipinski definition) is 4. The molecule has 0 aliphatic heterocycles. The lowest BCUT2D eigenvalue weighted by molar-refractivity contribution is 0.225. The van der Waals surface area contributed by atoms with Crippen molar-refractivity contribution in [1.82, 2.24) is 0 Å². The lowest BCUT2D eigenvalue weighted by atomic mass is 10.00. The molecule has 4 rings (SSSR count). The molecular weight excluding hydrogens is 393 g/mol. The number of rotatable bonds is 4. The van der Waals surface area contributed by atoms with Gasteiger partial charge < -0.3 is 9.15 Å². The molecular formula is C26H20FNO3. The summed E-state index contributed by atoms with van der Waals surface area (Å²) in [5, 5.41) is 9.76. The van der Waals surface area contributed by atoms with Gasteiger partial charge in [-0.15, -0.1) is 0 Å². The molecule has 154 valence electrons. The molecule has 3 aromatic carbocycles. The van der Waals surface area contributed by atoms with Crippen LogP contribution < -0.4 is 10.2 Å². The molecule has 0 saturated heterocycles. The summed E-state index contributed by atoms with van der Waals surface area (Å²) < 4.78 is 26.2. The predicted molar refractivity (Wildman–Crippen MR) is 118 cm³/mol. The van der Waals surface area contributed by atoms with Crippen LogP contribution in [0.1, 0.15) is 35.3 Å². The summed E-state index contributed by atoms with van der Waals surface area (Å²) in [6.07, 6.45) is -0.592. The second kappa shape index (κ2) is 8.08. The van der Waals surface area contributed by atoms with Gasteiger partial charge in [-0.1, -0.05) is 36.4 Å². The maximum absolute atomic E-state index is 14.0. The Morgan fingerprint density at radius 3 is 2.52 bits per heavy atom. The maximum Gasteiger partial charge on any atom is 0.196 e. The molecule has 0 saturated carbocycles. The fourth-order valence-electron chi connectivity index (χ4n) is 3.70. The van der Waals surface area contributed by atoms with Crippen molar-refractivity contribution in [2.75, 3.05) is 0 Å². The lowest BCUT2D eigenvalue weighted by Gasteiger charge is -2.19. The fourth-order valence-corrected chi connectivity index (χ4v) is 3.70. The Labute approximate surface area is 179 Å². The molecule has 0 aliphatic rings. The third kappa shape index (κ3) is 3.69. The second-order valence-corrected chi connectivity index (χ2v) is 7.47. The first-order valence-electron chi connectivity index (χ1n) is 9.89. The van der Waals surface area contributed by atoms with Crippen molar-refractivity contribution in [2.45, 2.75) is 26.9 Å². The van der Waals surface area contributed by atoms with Crippen molar-refractivity contribution in [1.29, 1.82) is 5.26 Å². The van der Waals surface area contributed by atoms with Gasteiger partial charge in [-0.05, 0) is 50.6 Å². The minimum absolute atomic E-state index is 0.110. The van der Waals surface area contributed by atoms with Crippen molar-refractivity contribution in [2.24, 2.45) is 0 Å². The quantitative estimate of drug-likeness (QED) is 0.398. The molecule has 4 nitrogen and oxygen atoms in total. The Bertz CT molecular complexity index is 1380. The number of nitrogens with zero attached hydrogens (tertiary/aromatic N) is 1. The average molecular weight is 413 g/mol. The summed E-state index contributed by atoms with van der Waals surface area (Å²) in [6, 6.07) is 19.2. The molecule has 5 heteroatoms. The van der Waals surface area contributed by atoms with Crippen LogP contribution >= 0.6 is 0 Å². The summed E-state index contributed by atoms with van der Waals surface area (Å²) >= 11 is 0. The van der Waals surface area contributed by atoms with Gasteiger partial charge in [0.15, 0.2) is 5.43 Å². The number of fused-ring (bicyclic) bond motifs is 1. The molecule has 1 heterocycles. The number of halogens is 1. The Morgan fingerprint density at radius 1 is 1.06 bits per heavy atom. The van der Waals surface area contributed by atoms with E-state index in [1.807, 2.05) is 49.4 Å². The molecule has 0 amide bonds. The first-order valence-corrected chi connectivity index (χ1v) is 9.89. The number of nitriles is 1. The van der Waals surface area contributed by atoms with Crippen LogP contribution in [0.2, 0.25) is 0 Å². The monoisotopic (exact) mass is 413 g/mol. The highest BCUT2D eigenvalue weighted by molar-refractivity contribution is 5.84. The molecule has 1 aromatic heterocycles. The van der Waals surface area contributed by atoms with Gasteiger partial charge >= 0.3 is 0 Å². The fraction of sp³-hybridized carbons (Fsp3) is 0.154. The Kier molecular flexibility index (Phi) is 5.31. The second-order valence-electron chi connectivity index (χ2n) is 7.47. The average Bonchev–Trinajstić information content (AvgIpc) is 2.77. The Balaban J connectivity index is 1.90. The molecule has 0 bridgehead atoms. The Morgan fingerprint density at radius 2 is 1.81 bits per heavy atom. The topological polar surface area (TPSA) is 63.2 Å². The zero-order chi connectivity index (χ0) is 22.1. The summed E-state index contributed by atoms with van der Waals surface area (Å²) in [4.78, 5) is 13.2. The van der Waals surface area contributed by atoms with Crippen LogP contribution in [-0.2, 0) is 0 Å². The Hall–Kier alpha value is -3.91. The number of benzene rings is 3. The third-order valence-corrected chi connectivity index (χ3v) is 5.26. The van der Waals surface area contributed by atoms with Crippen LogP contribution in [-0.4, -0.2) is 0 Å². The van der Waals surface area contributed by atoms with E-state index >= 15 is 0 Å². The standard InChI is InChI=1S/C26H20FNO3/c1-15-12-19(17(3)30-23-11-7-10-22(27)21(23)14-28)26-20(13-15)24(29)16(2)25(31-26)18-8-5-4-6-9-18/h4-13,17H,1-3H3/t17-/m1/s1. The smallest absolute Gasteiger partial charge is 0.196 e. The molecule has 0 N–H and O–H groups in total. The van der Waals surface area contributed by atoms with Gasteiger partial charge in [-0.25, -0.2) is 4.39 Å². The van der Waals surface area contributed by atoms with Crippen LogP contribution in [0.3, 0.4) is 0 Å². The van der Waals surface area contributed by atoms with E-state index < -0.39 is 11.9 Å². The minimum Gasteiger partial charge on any atom is -0.484 e. The van der Waals surface area contributed by atoms with Crippen molar-refractivity contribution < 1.29 is 13.5 Å². The van der Waals surface area contributed by atoms with Crippen LogP contribution in [0.15, 0.2) is 69.9 Å². The summed E-state index contributed by atoms with van der Waals surface area (Å²) in [5.41, 5.74) is 3.00. The highest BCUT2D eigenvalue weighted by atomic mass is 19.1. The van der Waals surface area contributed by atoms with Gasteiger partial charge in [0.1, 0.15) is 40.6 Å². The first-order chi connectivity index (χ1) is 14.9. The van der Waals surface area contributed by atoms with Crippen LogP contribution in [0.25, 0.3) is 22.3 Å². The van der Waals surface area contributed by atoms with Gasteiger partial charge in [0.25, 0.3) is 0 Å². The largest absolute Gasteiger partial charge is 0.484 e.